The predicted molar refractivity (Wildman–Crippen MR) is 112 cm³/mol. The van der Waals surface area contributed by atoms with Gasteiger partial charge < -0.3 is 0 Å². The Morgan fingerprint density at radius 1 is 0.633 bits per heavy atom. The van der Waals surface area contributed by atoms with Crippen LogP contribution in [-0.2, 0) is 4.79 Å². The van der Waals surface area contributed by atoms with E-state index in [4.69, 9.17) is 0 Å². The van der Waals surface area contributed by atoms with Gasteiger partial charge in [0.25, 0.3) is 0 Å². The lowest BCUT2D eigenvalue weighted by molar-refractivity contribution is -0.970. The number of carbonyl (C=O) groups excluding carboxylic acids is 1. The summed E-state index contributed by atoms with van der Waals surface area (Å²) < 4.78 is 0. The van der Waals surface area contributed by atoms with Gasteiger partial charge in [0.1, 0.15) is 0 Å². The van der Waals surface area contributed by atoms with Gasteiger partial charge in [-0.3, -0.25) is 35.1 Å². The van der Waals surface area contributed by atoms with Crippen molar-refractivity contribution < 1.29 is 19.6 Å². The maximum absolute atomic E-state index is 10.8. The van der Waals surface area contributed by atoms with Gasteiger partial charge in [0, 0.05) is 6.42 Å². The average Bonchev–Trinajstić information content (AvgIpc) is 2.69. The quantitative estimate of drug-likeness (QED) is 0.0938. The van der Waals surface area contributed by atoms with E-state index < -0.39 is 27.0 Å². The van der Waals surface area contributed by atoms with Crippen LogP contribution < -0.4 is 0 Å². The van der Waals surface area contributed by atoms with E-state index >= 15 is 0 Å². The summed E-state index contributed by atoms with van der Waals surface area (Å²) in [7, 11) is 0. The number of nitrogens with zero attached hydrogens (tertiary/aromatic N) is 3. The highest BCUT2D eigenvalue weighted by Crippen LogP contribution is 2.21. The van der Waals surface area contributed by atoms with Gasteiger partial charge in [-0.25, -0.2) is 0 Å². The van der Waals surface area contributed by atoms with E-state index in [1.807, 2.05) is 30.6 Å². The smallest absolute Gasteiger partial charge is 0.291 e. The molecule has 0 aromatic carbocycles. The fraction of sp³-hybridized carbons (Fsp3) is 0.650. The third kappa shape index (κ3) is 11.2. The SMILES string of the molecule is O=[C]CCCCCCC=CCC=CCC=CCCCCC([N+](=O)[O-])([N+](=O)[O-])[N+](=O)[O-]. The molecule has 10 nitrogen and oxygen atoms in total. The van der Waals surface area contributed by atoms with Gasteiger partial charge in [-0.1, -0.05) is 49.3 Å². The second-order valence-electron chi connectivity index (χ2n) is 6.77. The molecule has 0 saturated carbocycles. The molecule has 0 N–H and O–H groups in total. The summed E-state index contributed by atoms with van der Waals surface area (Å²) >= 11 is 0. The molecule has 0 aliphatic heterocycles. The Hall–Kier alpha value is -2.91. The minimum absolute atomic E-state index is 0.0173. The number of nitro groups is 3. The Balaban J connectivity index is 3.86. The van der Waals surface area contributed by atoms with E-state index in [0.29, 0.717) is 19.3 Å². The van der Waals surface area contributed by atoms with Crippen molar-refractivity contribution >= 4 is 6.29 Å². The Labute approximate surface area is 176 Å². The van der Waals surface area contributed by atoms with Crippen LogP contribution in [0.25, 0.3) is 0 Å². The molecule has 10 heteroatoms. The molecule has 1 radical (unpaired) electrons. The first-order valence-electron chi connectivity index (χ1n) is 10.1. The number of unbranched alkanes of at least 4 members (excludes halogenated alkanes) is 7. The van der Waals surface area contributed by atoms with E-state index in [1.54, 1.807) is 0 Å². The van der Waals surface area contributed by atoms with Crippen LogP contribution in [0.5, 0.6) is 0 Å². The topological polar surface area (TPSA) is 146 Å². The minimum Gasteiger partial charge on any atom is -0.291 e. The van der Waals surface area contributed by atoms with Crippen molar-refractivity contribution in [2.24, 2.45) is 0 Å². The van der Waals surface area contributed by atoms with E-state index in [0.717, 1.165) is 44.9 Å². The van der Waals surface area contributed by atoms with Crippen LogP contribution in [0, 0.1) is 30.3 Å². The Morgan fingerprint density at radius 2 is 1.07 bits per heavy atom. The normalized spacial score (nSPS) is 12.1. The van der Waals surface area contributed by atoms with E-state index in [1.165, 1.54) is 0 Å². The number of hydrogen-bond donors (Lipinski definition) is 0. The van der Waals surface area contributed by atoms with Crippen LogP contribution in [0.3, 0.4) is 0 Å². The largest absolute Gasteiger partial charge is 0.699 e. The first kappa shape index (κ1) is 27.1. The Morgan fingerprint density at radius 3 is 1.53 bits per heavy atom. The van der Waals surface area contributed by atoms with Crippen molar-refractivity contribution in [1.29, 1.82) is 0 Å². The zero-order valence-corrected chi connectivity index (χ0v) is 17.1. The van der Waals surface area contributed by atoms with Crippen molar-refractivity contribution in [1.82, 2.24) is 0 Å². The van der Waals surface area contributed by atoms with E-state index in [-0.39, 0.29) is 6.42 Å². The standard InChI is InChI=1S/C20H30N3O7/c24-19-17-15-13-11-9-7-5-3-1-2-4-6-8-10-12-14-16-18-20(21(25)26,22(27)28)23(29)30/h2-5,8,10H,1,6-7,9,11-18H2. The van der Waals surface area contributed by atoms with Gasteiger partial charge in [-0.05, 0) is 51.4 Å². The summed E-state index contributed by atoms with van der Waals surface area (Å²) in [6.45, 7) is 0. The van der Waals surface area contributed by atoms with Crippen LogP contribution >= 0.6 is 0 Å². The summed E-state index contributed by atoms with van der Waals surface area (Å²) in [5.74, 6) is -3.35. The molecule has 0 atom stereocenters. The Kier molecular flexibility index (Phi) is 15.3. The number of hydrogen-bond acceptors (Lipinski definition) is 7. The summed E-state index contributed by atoms with van der Waals surface area (Å²) in [5.41, 5.74) is 0. The van der Waals surface area contributed by atoms with Crippen molar-refractivity contribution in [2.45, 2.75) is 82.8 Å². The molecule has 30 heavy (non-hydrogen) atoms. The number of rotatable bonds is 19. The van der Waals surface area contributed by atoms with Crippen LogP contribution in [0.15, 0.2) is 36.5 Å². The molecule has 0 aliphatic rings. The molecular weight excluding hydrogens is 394 g/mol. The monoisotopic (exact) mass is 424 g/mol. The zero-order valence-electron chi connectivity index (χ0n) is 17.1. The van der Waals surface area contributed by atoms with Crippen molar-refractivity contribution in [3.8, 4) is 0 Å². The molecule has 0 fully saturated rings. The molecule has 0 saturated heterocycles. The molecular formula is C20H30N3O7. The van der Waals surface area contributed by atoms with Gasteiger partial charge in [0.15, 0.2) is 27.5 Å². The van der Waals surface area contributed by atoms with Crippen LogP contribution in [-0.4, -0.2) is 26.8 Å². The lowest BCUT2D eigenvalue weighted by Crippen LogP contribution is -2.53. The molecule has 167 valence electrons. The fourth-order valence-electron chi connectivity index (χ4n) is 2.69. The lowest BCUT2D eigenvalue weighted by Gasteiger charge is -2.08. The van der Waals surface area contributed by atoms with E-state index in [2.05, 4.69) is 12.2 Å². The summed E-state index contributed by atoms with van der Waals surface area (Å²) in [5, 5.41) is 32.4. The van der Waals surface area contributed by atoms with Crippen molar-refractivity contribution in [2.75, 3.05) is 0 Å². The van der Waals surface area contributed by atoms with Gasteiger partial charge in [-0.2, -0.15) is 0 Å². The fourth-order valence-corrected chi connectivity index (χ4v) is 2.69. The van der Waals surface area contributed by atoms with Gasteiger partial charge >= 0.3 is 5.79 Å². The summed E-state index contributed by atoms with van der Waals surface area (Å²) in [6.07, 6.45) is 21.5. The summed E-state index contributed by atoms with van der Waals surface area (Å²) in [4.78, 5) is 38.2. The lowest BCUT2D eigenvalue weighted by atomic mass is 10.1. The summed E-state index contributed by atoms with van der Waals surface area (Å²) in [6, 6.07) is 0. The zero-order chi connectivity index (χ0) is 22.7. The third-order valence-corrected chi connectivity index (χ3v) is 4.45. The van der Waals surface area contributed by atoms with Crippen molar-refractivity contribution in [3.05, 3.63) is 66.8 Å². The predicted octanol–water partition coefficient (Wildman–Crippen LogP) is 4.93. The average molecular weight is 424 g/mol. The third-order valence-electron chi connectivity index (χ3n) is 4.45. The van der Waals surface area contributed by atoms with Crippen LogP contribution in [0.2, 0.25) is 0 Å². The Bertz CT molecular complexity index is 594. The highest BCUT2D eigenvalue weighted by Gasteiger charge is 2.69. The molecule has 0 spiro atoms. The maximum atomic E-state index is 10.8. The van der Waals surface area contributed by atoms with E-state index in [9.17, 15) is 35.1 Å². The molecule has 0 aromatic rings. The van der Waals surface area contributed by atoms with Crippen molar-refractivity contribution in [3.63, 3.8) is 0 Å². The molecule has 0 bridgehead atoms. The molecule has 0 amide bonds. The van der Waals surface area contributed by atoms with Gasteiger partial charge in [0.05, 0.1) is 0 Å². The van der Waals surface area contributed by atoms with Gasteiger partial charge in [0.2, 0.25) is 0 Å². The first-order valence-corrected chi connectivity index (χ1v) is 10.1. The minimum atomic E-state index is -3.35. The van der Waals surface area contributed by atoms with Gasteiger partial charge in [-0.15, -0.1) is 0 Å². The second-order valence-corrected chi connectivity index (χ2v) is 6.77. The molecule has 0 aliphatic carbocycles. The number of allylic oxidation sites excluding steroid dienone is 6. The molecule has 0 unspecified atom stereocenters. The maximum Gasteiger partial charge on any atom is 0.699 e. The van der Waals surface area contributed by atoms with Crippen LogP contribution in [0.1, 0.15) is 77.0 Å². The van der Waals surface area contributed by atoms with Crippen LogP contribution in [0.4, 0.5) is 0 Å². The molecule has 0 aromatic heterocycles. The highest BCUT2D eigenvalue weighted by molar-refractivity contribution is 5.50. The first-order chi connectivity index (χ1) is 14.4. The second kappa shape index (κ2) is 17.0. The molecule has 0 heterocycles. The molecule has 0 rings (SSSR count). The highest BCUT2D eigenvalue weighted by atomic mass is 16.7.